The first-order chi connectivity index (χ1) is 9.24. The Balaban J connectivity index is 2.38. The van der Waals surface area contributed by atoms with Gasteiger partial charge in [-0.2, -0.15) is 18.4 Å². The summed E-state index contributed by atoms with van der Waals surface area (Å²) in [5, 5.41) is 12.0. The summed E-state index contributed by atoms with van der Waals surface area (Å²) in [5.41, 5.74) is -0.362. The minimum atomic E-state index is -4.30. The van der Waals surface area contributed by atoms with Gasteiger partial charge in [0.15, 0.2) is 0 Å². The van der Waals surface area contributed by atoms with Crippen LogP contribution in [-0.2, 0) is 12.7 Å². The molecule has 0 heterocycles. The third kappa shape index (κ3) is 5.62. The molecule has 1 aromatic carbocycles. The van der Waals surface area contributed by atoms with E-state index in [0.29, 0.717) is 18.7 Å². The van der Waals surface area contributed by atoms with E-state index in [4.69, 9.17) is 5.26 Å². The van der Waals surface area contributed by atoms with Crippen LogP contribution in [0.3, 0.4) is 0 Å². The van der Waals surface area contributed by atoms with Gasteiger partial charge in [-0.1, -0.05) is 18.2 Å². The van der Waals surface area contributed by atoms with Gasteiger partial charge in [0.05, 0.1) is 17.0 Å². The third-order valence-electron chi connectivity index (χ3n) is 3.04. The Hall–Kier alpha value is -1.54. The van der Waals surface area contributed by atoms with E-state index in [1.54, 1.807) is 6.07 Å². The van der Waals surface area contributed by atoms with Gasteiger partial charge in [0.25, 0.3) is 0 Å². The molecule has 2 nitrogen and oxygen atoms in total. The van der Waals surface area contributed by atoms with Gasteiger partial charge >= 0.3 is 6.18 Å². The third-order valence-corrected chi connectivity index (χ3v) is 3.04. The summed E-state index contributed by atoms with van der Waals surface area (Å²) in [6, 6.07) is 7.53. The second-order valence-electron chi connectivity index (χ2n) is 5.47. The van der Waals surface area contributed by atoms with Crippen LogP contribution in [0.4, 0.5) is 13.2 Å². The van der Waals surface area contributed by atoms with Gasteiger partial charge in [-0.25, -0.2) is 0 Å². The number of rotatable bonds is 6. The molecule has 0 radical (unpaired) electrons. The number of halogens is 3. The lowest BCUT2D eigenvalue weighted by Crippen LogP contribution is -2.18. The maximum absolute atomic E-state index is 12.5. The van der Waals surface area contributed by atoms with E-state index < -0.39 is 11.7 Å². The van der Waals surface area contributed by atoms with Crippen LogP contribution < -0.4 is 5.32 Å². The molecule has 0 spiro atoms. The molecule has 0 amide bonds. The summed E-state index contributed by atoms with van der Waals surface area (Å²) in [7, 11) is 0. The first kappa shape index (κ1) is 16.5. The molecule has 0 saturated heterocycles. The molecule has 0 unspecified atom stereocenters. The summed E-state index contributed by atoms with van der Waals surface area (Å²) < 4.78 is 37.6. The first-order valence-electron chi connectivity index (χ1n) is 6.53. The molecule has 0 atom stereocenters. The molecule has 0 aliphatic carbocycles. The maximum Gasteiger partial charge on any atom is 0.416 e. The lowest BCUT2D eigenvalue weighted by atomic mass is 9.90. The molecule has 0 aliphatic rings. The largest absolute Gasteiger partial charge is 0.416 e. The molecular formula is C15H19F3N2. The highest BCUT2D eigenvalue weighted by atomic mass is 19.4. The zero-order chi connectivity index (χ0) is 15.2. The van der Waals surface area contributed by atoms with Gasteiger partial charge < -0.3 is 5.32 Å². The molecule has 110 valence electrons. The van der Waals surface area contributed by atoms with Crippen molar-refractivity contribution in [3.05, 3.63) is 35.4 Å². The van der Waals surface area contributed by atoms with Crippen LogP contribution in [0.5, 0.6) is 0 Å². The van der Waals surface area contributed by atoms with E-state index in [0.717, 1.165) is 25.0 Å². The normalized spacial score (nSPS) is 12.2. The highest BCUT2D eigenvalue weighted by molar-refractivity contribution is 5.25. The van der Waals surface area contributed by atoms with Gasteiger partial charge in [0.2, 0.25) is 0 Å². The van der Waals surface area contributed by atoms with Crippen molar-refractivity contribution in [2.24, 2.45) is 5.41 Å². The van der Waals surface area contributed by atoms with Crippen LogP contribution in [0, 0.1) is 16.7 Å². The van der Waals surface area contributed by atoms with Gasteiger partial charge in [-0.15, -0.1) is 0 Å². The summed E-state index contributed by atoms with van der Waals surface area (Å²) in [6.45, 7) is 4.83. The fraction of sp³-hybridized carbons (Fsp3) is 0.533. The summed E-state index contributed by atoms with van der Waals surface area (Å²) in [6.07, 6.45) is -2.72. The number of benzene rings is 1. The highest BCUT2D eigenvalue weighted by Crippen LogP contribution is 2.29. The lowest BCUT2D eigenvalue weighted by molar-refractivity contribution is -0.137. The van der Waals surface area contributed by atoms with Crippen molar-refractivity contribution in [1.29, 1.82) is 5.26 Å². The smallest absolute Gasteiger partial charge is 0.313 e. The predicted octanol–water partition coefficient (Wildman–Crippen LogP) is 4.12. The van der Waals surface area contributed by atoms with Crippen molar-refractivity contribution in [1.82, 2.24) is 5.32 Å². The number of nitriles is 1. The van der Waals surface area contributed by atoms with E-state index in [9.17, 15) is 13.2 Å². The monoisotopic (exact) mass is 284 g/mol. The second kappa shape index (κ2) is 6.76. The Morgan fingerprint density at radius 3 is 2.55 bits per heavy atom. The maximum atomic E-state index is 12.5. The number of nitrogens with one attached hydrogen (secondary N) is 1. The number of hydrogen-bond donors (Lipinski definition) is 1. The standard InChI is InChI=1S/C15H19F3N2/c1-14(2,11-19)7-4-8-20-10-12-5-3-6-13(9-12)15(16,17)18/h3,5-6,9,20H,4,7-8,10H2,1-2H3. The van der Waals surface area contributed by atoms with Gasteiger partial charge in [-0.3, -0.25) is 0 Å². The van der Waals surface area contributed by atoms with Crippen LogP contribution in [-0.4, -0.2) is 6.54 Å². The van der Waals surface area contributed by atoms with Crippen molar-refractivity contribution in [3.8, 4) is 6.07 Å². The highest BCUT2D eigenvalue weighted by Gasteiger charge is 2.30. The molecular weight excluding hydrogens is 265 g/mol. The van der Waals surface area contributed by atoms with E-state index in [2.05, 4.69) is 11.4 Å². The van der Waals surface area contributed by atoms with E-state index >= 15 is 0 Å². The van der Waals surface area contributed by atoms with Gasteiger partial charge in [0.1, 0.15) is 0 Å². The minimum Gasteiger partial charge on any atom is -0.313 e. The number of alkyl halides is 3. The average molecular weight is 284 g/mol. The van der Waals surface area contributed by atoms with Crippen molar-refractivity contribution >= 4 is 0 Å². The van der Waals surface area contributed by atoms with Crippen molar-refractivity contribution in [2.75, 3.05) is 6.54 Å². The molecule has 0 aliphatic heterocycles. The second-order valence-corrected chi connectivity index (χ2v) is 5.47. The zero-order valence-electron chi connectivity index (χ0n) is 11.7. The van der Waals surface area contributed by atoms with Crippen LogP contribution in [0.25, 0.3) is 0 Å². The Labute approximate surface area is 117 Å². The molecule has 5 heteroatoms. The van der Waals surface area contributed by atoms with Crippen LogP contribution in [0.2, 0.25) is 0 Å². The molecule has 0 fully saturated rings. The van der Waals surface area contributed by atoms with E-state index in [1.807, 2.05) is 13.8 Å². The molecule has 20 heavy (non-hydrogen) atoms. The zero-order valence-corrected chi connectivity index (χ0v) is 11.7. The van der Waals surface area contributed by atoms with Gasteiger partial charge in [-0.05, 0) is 44.9 Å². The fourth-order valence-corrected chi connectivity index (χ4v) is 1.80. The summed E-state index contributed by atoms with van der Waals surface area (Å²) >= 11 is 0. The summed E-state index contributed by atoms with van der Waals surface area (Å²) in [5.74, 6) is 0. The average Bonchev–Trinajstić information content (AvgIpc) is 2.37. The van der Waals surface area contributed by atoms with Crippen molar-refractivity contribution < 1.29 is 13.2 Å². The minimum absolute atomic E-state index is 0.349. The predicted molar refractivity (Wildman–Crippen MR) is 71.8 cm³/mol. The molecule has 0 saturated carbocycles. The van der Waals surface area contributed by atoms with Crippen LogP contribution in [0.15, 0.2) is 24.3 Å². The van der Waals surface area contributed by atoms with Gasteiger partial charge in [0, 0.05) is 6.54 Å². The van der Waals surface area contributed by atoms with Crippen LogP contribution in [0.1, 0.15) is 37.8 Å². The van der Waals surface area contributed by atoms with Crippen LogP contribution >= 0.6 is 0 Å². The van der Waals surface area contributed by atoms with E-state index in [-0.39, 0.29) is 5.41 Å². The molecule has 0 aromatic heterocycles. The molecule has 1 aromatic rings. The Kier molecular flexibility index (Phi) is 5.58. The SMILES string of the molecule is CC(C)(C#N)CCCNCc1cccc(C(F)(F)F)c1. The number of hydrogen-bond acceptors (Lipinski definition) is 2. The molecule has 1 rings (SSSR count). The fourth-order valence-electron chi connectivity index (χ4n) is 1.80. The van der Waals surface area contributed by atoms with E-state index in [1.165, 1.54) is 6.07 Å². The Morgan fingerprint density at radius 2 is 1.95 bits per heavy atom. The molecule has 0 bridgehead atoms. The van der Waals surface area contributed by atoms with Crippen molar-refractivity contribution in [2.45, 2.75) is 39.4 Å². The first-order valence-corrected chi connectivity index (χ1v) is 6.53. The van der Waals surface area contributed by atoms with Crippen molar-refractivity contribution in [3.63, 3.8) is 0 Å². The quantitative estimate of drug-likeness (QED) is 0.797. The lowest BCUT2D eigenvalue weighted by Gasteiger charge is -2.14. The number of nitrogens with zero attached hydrogens (tertiary/aromatic N) is 1. The molecule has 1 N–H and O–H groups in total. The Bertz CT molecular complexity index is 473. The summed E-state index contributed by atoms with van der Waals surface area (Å²) in [4.78, 5) is 0. The Morgan fingerprint density at radius 1 is 1.25 bits per heavy atom. The topological polar surface area (TPSA) is 35.8 Å².